The molecule has 2 heteroatoms. The molecule has 0 bridgehead atoms. The maximum Gasteiger partial charge on any atom is 0.0106 e. The number of rotatable bonds is 26. The Balaban J connectivity index is 2.87. The fraction of sp³-hybridized carbons (Fsp3) is 1.00. The van der Waals surface area contributed by atoms with Crippen LogP contribution in [-0.4, -0.2) is 29.5 Å². The number of hydrogen-bond acceptors (Lipinski definition) is 0. The summed E-state index contributed by atoms with van der Waals surface area (Å²) >= 11 is 0. The van der Waals surface area contributed by atoms with E-state index in [0.717, 1.165) is 4.90 Å². The van der Waals surface area contributed by atoms with Gasteiger partial charge in [0.1, 0.15) is 0 Å². The molecule has 1 aliphatic carbocycles. The Morgan fingerprint density at radius 2 is 0.629 bits per heavy atom. The van der Waals surface area contributed by atoms with Crippen molar-refractivity contribution in [2.75, 3.05) is 24.6 Å². The Hall–Kier alpha value is 0.860. The van der Waals surface area contributed by atoms with E-state index in [-0.39, 0.29) is 15.8 Å². The third-order valence-electron chi connectivity index (χ3n) is 8.71. The van der Waals surface area contributed by atoms with Crippen LogP contribution in [0, 0.1) is 0 Å². The van der Waals surface area contributed by atoms with E-state index in [9.17, 15) is 0 Å². The molecule has 0 aromatic rings. The maximum atomic E-state index is 2.37. The second kappa shape index (κ2) is 23.9. The predicted octanol–water partition coefficient (Wildman–Crippen LogP) is 13.1. The molecule has 1 aliphatic rings. The summed E-state index contributed by atoms with van der Waals surface area (Å²) in [7, 11) is 0.493. The van der Waals surface area contributed by atoms with E-state index in [2.05, 4.69) is 27.7 Å². The average Bonchev–Trinajstić information content (AvgIpc) is 3.36. The molecule has 0 aromatic carbocycles. The van der Waals surface area contributed by atoms with Gasteiger partial charge in [0, 0.05) is 4.90 Å². The second-order valence-corrected chi connectivity index (χ2v) is 17.8. The zero-order chi connectivity index (χ0) is 25.5. The van der Waals surface area contributed by atoms with E-state index in [0.29, 0.717) is 0 Å². The van der Waals surface area contributed by atoms with Crippen LogP contribution in [0.4, 0.5) is 0 Å². The van der Waals surface area contributed by atoms with Crippen LogP contribution in [0.5, 0.6) is 0 Å². The lowest BCUT2D eigenvalue weighted by molar-refractivity contribution is 0.642. The standard InChI is InChI=1S/C33H68P2/c1-5-9-13-17-23-29-34(30-24-18-14-10-6-2)33(27-21-22-28-33)35(31-25-19-15-11-7-3)32-26-20-16-12-8-4/h5-32H2,1-4H3. The Morgan fingerprint density at radius 1 is 0.371 bits per heavy atom. The topological polar surface area (TPSA) is 0 Å². The van der Waals surface area contributed by atoms with Gasteiger partial charge in [0.2, 0.25) is 0 Å². The molecule has 1 rings (SSSR count). The lowest BCUT2D eigenvalue weighted by Gasteiger charge is -2.46. The molecule has 0 amide bonds. The van der Waals surface area contributed by atoms with Crippen LogP contribution in [0.25, 0.3) is 0 Å². The minimum absolute atomic E-state index is 0.247. The lowest BCUT2D eigenvalue weighted by Crippen LogP contribution is -2.26. The highest BCUT2D eigenvalue weighted by Crippen LogP contribution is 2.74. The monoisotopic (exact) mass is 526 g/mol. The second-order valence-electron chi connectivity index (χ2n) is 11.8. The van der Waals surface area contributed by atoms with Crippen molar-refractivity contribution in [3.8, 4) is 0 Å². The Labute approximate surface area is 226 Å². The molecular formula is C33H68P2. The third kappa shape index (κ3) is 15.1. The largest absolute Gasteiger partial charge is 0.0959 e. The average molecular weight is 527 g/mol. The van der Waals surface area contributed by atoms with Crippen molar-refractivity contribution in [3.63, 3.8) is 0 Å². The predicted molar refractivity (Wildman–Crippen MR) is 170 cm³/mol. The van der Waals surface area contributed by atoms with Gasteiger partial charge in [0.05, 0.1) is 0 Å². The highest BCUT2D eigenvalue weighted by molar-refractivity contribution is 7.77. The van der Waals surface area contributed by atoms with Gasteiger partial charge in [-0.05, 0) is 63.2 Å². The summed E-state index contributed by atoms with van der Waals surface area (Å²) in [5, 5.41) is 0. The first-order valence-electron chi connectivity index (χ1n) is 16.7. The van der Waals surface area contributed by atoms with E-state index < -0.39 is 0 Å². The summed E-state index contributed by atoms with van der Waals surface area (Å²) in [4.78, 5) is 0.843. The first kappa shape index (κ1) is 33.9. The van der Waals surface area contributed by atoms with Crippen molar-refractivity contribution in [2.45, 2.75) is 187 Å². The van der Waals surface area contributed by atoms with Gasteiger partial charge in [-0.25, -0.2) is 0 Å². The molecule has 0 heterocycles. The molecule has 0 nitrogen and oxygen atoms in total. The molecule has 0 spiro atoms. The van der Waals surface area contributed by atoms with Crippen LogP contribution in [0.15, 0.2) is 0 Å². The van der Waals surface area contributed by atoms with Crippen molar-refractivity contribution in [1.29, 1.82) is 0 Å². The van der Waals surface area contributed by atoms with Gasteiger partial charge in [-0.1, -0.05) is 159 Å². The maximum absolute atomic E-state index is 2.37. The molecule has 0 atom stereocenters. The van der Waals surface area contributed by atoms with Gasteiger partial charge >= 0.3 is 0 Å². The molecule has 210 valence electrons. The normalized spacial score (nSPS) is 15.6. The van der Waals surface area contributed by atoms with Gasteiger partial charge in [-0.2, -0.15) is 0 Å². The first-order valence-corrected chi connectivity index (χ1v) is 20.2. The van der Waals surface area contributed by atoms with Gasteiger partial charge < -0.3 is 0 Å². The Kier molecular flexibility index (Phi) is 23.2. The lowest BCUT2D eigenvalue weighted by atomic mass is 10.2. The summed E-state index contributed by atoms with van der Waals surface area (Å²) < 4.78 is 0. The summed E-state index contributed by atoms with van der Waals surface area (Å²) in [6.07, 6.45) is 42.6. The van der Waals surface area contributed by atoms with Crippen molar-refractivity contribution in [2.24, 2.45) is 0 Å². The third-order valence-corrected chi connectivity index (χ3v) is 17.1. The van der Waals surface area contributed by atoms with Crippen LogP contribution in [-0.2, 0) is 0 Å². The minimum Gasteiger partial charge on any atom is -0.0959 e. The van der Waals surface area contributed by atoms with E-state index in [1.54, 1.807) is 76.0 Å². The quantitative estimate of drug-likeness (QED) is 0.0776. The van der Waals surface area contributed by atoms with E-state index in [1.807, 2.05) is 0 Å². The van der Waals surface area contributed by atoms with Crippen molar-refractivity contribution >= 4 is 15.8 Å². The number of unbranched alkanes of at least 4 members (excludes halogenated alkanes) is 16. The van der Waals surface area contributed by atoms with Gasteiger partial charge in [0.15, 0.2) is 0 Å². The van der Waals surface area contributed by atoms with Gasteiger partial charge in [-0.3, -0.25) is 0 Å². The van der Waals surface area contributed by atoms with Crippen LogP contribution in [0.2, 0.25) is 0 Å². The highest BCUT2D eigenvalue weighted by Gasteiger charge is 2.45. The fourth-order valence-corrected chi connectivity index (χ4v) is 15.7. The summed E-state index contributed by atoms with van der Waals surface area (Å²) in [5.74, 6) is 0. The zero-order valence-corrected chi connectivity index (χ0v) is 27.0. The van der Waals surface area contributed by atoms with Crippen molar-refractivity contribution in [1.82, 2.24) is 0 Å². The highest BCUT2D eigenvalue weighted by atomic mass is 31.2. The molecule has 0 unspecified atom stereocenters. The summed E-state index contributed by atoms with van der Waals surface area (Å²) in [6.45, 7) is 9.46. The molecule has 0 aromatic heterocycles. The van der Waals surface area contributed by atoms with E-state index >= 15 is 0 Å². The molecule has 0 aliphatic heterocycles. The first-order chi connectivity index (χ1) is 17.2. The summed E-state index contributed by atoms with van der Waals surface area (Å²) in [5.41, 5.74) is 0. The van der Waals surface area contributed by atoms with Gasteiger partial charge in [-0.15, -0.1) is 0 Å². The molecular weight excluding hydrogens is 458 g/mol. The SMILES string of the molecule is CCCCCCCP(CCCCCCC)C1(P(CCCCCCC)CCCCCCC)CCCC1. The van der Waals surface area contributed by atoms with Crippen molar-refractivity contribution < 1.29 is 0 Å². The van der Waals surface area contributed by atoms with E-state index in [1.165, 1.54) is 103 Å². The number of hydrogen-bond donors (Lipinski definition) is 0. The minimum atomic E-state index is 0.247. The smallest absolute Gasteiger partial charge is 0.0106 e. The molecule has 0 N–H and O–H groups in total. The Bertz CT molecular complexity index is 367. The molecule has 1 fully saturated rings. The van der Waals surface area contributed by atoms with Crippen molar-refractivity contribution in [3.05, 3.63) is 0 Å². The fourth-order valence-electron chi connectivity index (χ4n) is 6.45. The molecule has 0 saturated heterocycles. The van der Waals surface area contributed by atoms with Crippen LogP contribution < -0.4 is 0 Å². The van der Waals surface area contributed by atoms with Gasteiger partial charge in [0.25, 0.3) is 0 Å². The summed E-state index contributed by atoms with van der Waals surface area (Å²) in [6, 6.07) is 0. The van der Waals surface area contributed by atoms with Crippen LogP contribution in [0.3, 0.4) is 0 Å². The Morgan fingerprint density at radius 3 is 0.886 bits per heavy atom. The molecule has 35 heavy (non-hydrogen) atoms. The van der Waals surface area contributed by atoms with Crippen LogP contribution >= 0.6 is 15.8 Å². The zero-order valence-electron chi connectivity index (χ0n) is 25.2. The van der Waals surface area contributed by atoms with E-state index in [4.69, 9.17) is 0 Å². The van der Waals surface area contributed by atoms with Crippen LogP contribution in [0.1, 0.15) is 182 Å². The molecule has 0 radical (unpaired) electrons. The molecule has 1 saturated carbocycles.